The Morgan fingerprint density at radius 1 is 1.27 bits per heavy atom. The van der Waals surface area contributed by atoms with E-state index in [-0.39, 0.29) is 5.91 Å². The normalized spacial score (nSPS) is 19.3. The number of fused-ring (bicyclic) bond motifs is 1. The number of ether oxygens (including phenoxy) is 1. The minimum atomic E-state index is -0.0726. The van der Waals surface area contributed by atoms with E-state index >= 15 is 0 Å². The van der Waals surface area contributed by atoms with Crippen LogP contribution in [0.25, 0.3) is 0 Å². The molecule has 1 amide bonds. The number of benzene rings is 1. The SMILES string of the molecule is CCc1ccc2c(c1)CC(Nc1ncc(C(=O)N3CCCOC3)cn1)C2. The highest BCUT2D eigenvalue weighted by atomic mass is 16.5. The van der Waals surface area contributed by atoms with Crippen LogP contribution in [0.1, 0.15) is 40.4 Å². The molecule has 1 fully saturated rings. The smallest absolute Gasteiger partial charge is 0.258 e. The quantitative estimate of drug-likeness (QED) is 0.915. The molecule has 26 heavy (non-hydrogen) atoms. The topological polar surface area (TPSA) is 67.4 Å². The van der Waals surface area contributed by atoms with Crippen LogP contribution in [0.15, 0.2) is 30.6 Å². The minimum Gasteiger partial charge on any atom is -0.361 e. The zero-order valence-corrected chi connectivity index (χ0v) is 15.1. The summed E-state index contributed by atoms with van der Waals surface area (Å²) < 4.78 is 5.34. The number of hydrogen-bond donors (Lipinski definition) is 1. The standard InChI is InChI=1S/C20H24N4O2/c1-2-14-4-5-15-9-18(10-16(15)8-14)23-20-21-11-17(12-22-20)19(25)24-6-3-7-26-13-24/h4-5,8,11-12,18H,2-3,6-7,9-10,13H2,1H3,(H,21,22,23). The first-order valence-electron chi connectivity index (χ1n) is 9.29. The summed E-state index contributed by atoms with van der Waals surface area (Å²) in [5.74, 6) is 0.501. The third-order valence-electron chi connectivity index (χ3n) is 5.09. The van der Waals surface area contributed by atoms with Gasteiger partial charge in [0.1, 0.15) is 6.73 Å². The van der Waals surface area contributed by atoms with Crippen molar-refractivity contribution < 1.29 is 9.53 Å². The molecule has 1 aromatic carbocycles. The fraction of sp³-hybridized carbons (Fsp3) is 0.450. The van der Waals surface area contributed by atoms with Crippen LogP contribution in [-0.4, -0.2) is 46.7 Å². The third-order valence-corrected chi connectivity index (χ3v) is 5.09. The van der Waals surface area contributed by atoms with Crippen LogP contribution in [0.3, 0.4) is 0 Å². The molecule has 1 aromatic heterocycles. The Kier molecular flexibility index (Phi) is 4.84. The van der Waals surface area contributed by atoms with E-state index in [0.717, 1.165) is 32.2 Å². The summed E-state index contributed by atoms with van der Waals surface area (Å²) in [6.07, 6.45) is 7.10. The molecule has 6 heteroatoms. The summed E-state index contributed by atoms with van der Waals surface area (Å²) in [7, 11) is 0. The summed E-state index contributed by atoms with van der Waals surface area (Å²) in [6, 6.07) is 7.05. The average Bonchev–Trinajstić information content (AvgIpc) is 3.10. The second-order valence-electron chi connectivity index (χ2n) is 6.96. The Bertz CT molecular complexity index is 785. The molecule has 1 atom stereocenters. The van der Waals surface area contributed by atoms with E-state index in [9.17, 15) is 4.79 Å². The van der Waals surface area contributed by atoms with Gasteiger partial charge in [-0.25, -0.2) is 9.97 Å². The van der Waals surface area contributed by atoms with Gasteiger partial charge in [-0.3, -0.25) is 4.79 Å². The molecular formula is C20H24N4O2. The molecule has 1 aliphatic heterocycles. The lowest BCUT2D eigenvalue weighted by Gasteiger charge is -2.26. The maximum atomic E-state index is 12.4. The van der Waals surface area contributed by atoms with Gasteiger partial charge in [-0.2, -0.15) is 0 Å². The molecule has 136 valence electrons. The Morgan fingerprint density at radius 2 is 2.08 bits per heavy atom. The molecule has 0 radical (unpaired) electrons. The molecule has 0 bridgehead atoms. The van der Waals surface area contributed by atoms with Crippen molar-refractivity contribution in [2.24, 2.45) is 0 Å². The van der Waals surface area contributed by atoms with Crippen molar-refractivity contribution in [3.8, 4) is 0 Å². The second-order valence-corrected chi connectivity index (χ2v) is 6.96. The van der Waals surface area contributed by atoms with Crippen molar-refractivity contribution in [3.63, 3.8) is 0 Å². The van der Waals surface area contributed by atoms with Gasteiger partial charge in [-0.15, -0.1) is 0 Å². The number of carbonyl (C=O) groups is 1. The first-order valence-corrected chi connectivity index (χ1v) is 9.29. The van der Waals surface area contributed by atoms with Crippen LogP contribution in [0.2, 0.25) is 0 Å². The molecule has 0 saturated carbocycles. The zero-order chi connectivity index (χ0) is 17.9. The van der Waals surface area contributed by atoms with E-state index in [1.807, 2.05) is 0 Å². The van der Waals surface area contributed by atoms with Gasteiger partial charge in [-0.05, 0) is 42.4 Å². The largest absolute Gasteiger partial charge is 0.361 e. The summed E-state index contributed by atoms with van der Waals surface area (Å²) in [4.78, 5) is 22.8. The summed E-state index contributed by atoms with van der Waals surface area (Å²) >= 11 is 0. The molecule has 1 unspecified atom stereocenters. The summed E-state index contributed by atoms with van der Waals surface area (Å²) in [5.41, 5.74) is 4.70. The molecule has 4 rings (SSSR count). The van der Waals surface area contributed by atoms with Crippen molar-refractivity contribution in [2.45, 2.75) is 38.6 Å². The molecule has 2 aliphatic rings. The molecule has 6 nitrogen and oxygen atoms in total. The first kappa shape index (κ1) is 17.0. The zero-order valence-electron chi connectivity index (χ0n) is 15.1. The van der Waals surface area contributed by atoms with Gasteiger partial charge in [-0.1, -0.05) is 25.1 Å². The number of aryl methyl sites for hydroxylation is 1. The number of anilines is 1. The highest BCUT2D eigenvalue weighted by molar-refractivity contribution is 5.93. The van der Waals surface area contributed by atoms with Crippen molar-refractivity contribution in [3.05, 3.63) is 52.8 Å². The summed E-state index contributed by atoms with van der Waals surface area (Å²) in [5, 5.41) is 3.40. The summed E-state index contributed by atoms with van der Waals surface area (Å²) in [6.45, 7) is 3.96. The van der Waals surface area contributed by atoms with Gasteiger partial charge >= 0.3 is 0 Å². The highest BCUT2D eigenvalue weighted by Crippen LogP contribution is 2.25. The fourth-order valence-corrected chi connectivity index (χ4v) is 3.63. The Balaban J connectivity index is 1.38. The predicted molar refractivity (Wildman–Crippen MR) is 99.1 cm³/mol. The van der Waals surface area contributed by atoms with Gasteiger partial charge in [0.05, 0.1) is 12.2 Å². The second kappa shape index (κ2) is 7.41. The van der Waals surface area contributed by atoms with Crippen molar-refractivity contribution in [1.29, 1.82) is 0 Å². The fourth-order valence-electron chi connectivity index (χ4n) is 3.63. The molecule has 1 aliphatic carbocycles. The number of nitrogens with one attached hydrogen (secondary N) is 1. The van der Waals surface area contributed by atoms with E-state index in [0.29, 0.717) is 30.9 Å². The van der Waals surface area contributed by atoms with Crippen LogP contribution in [0, 0.1) is 0 Å². The van der Waals surface area contributed by atoms with Gasteiger partial charge in [0.15, 0.2) is 0 Å². The van der Waals surface area contributed by atoms with Crippen LogP contribution < -0.4 is 5.32 Å². The first-order chi connectivity index (χ1) is 12.7. The van der Waals surface area contributed by atoms with E-state index in [4.69, 9.17) is 4.74 Å². The van der Waals surface area contributed by atoms with Crippen LogP contribution in [0.4, 0.5) is 5.95 Å². The maximum absolute atomic E-state index is 12.4. The van der Waals surface area contributed by atoms with Crippen LogP contribution in [0.5, 0.6) is 0 Å². The van der Waals surface area contributed by atoms with Gasteiger partial charge in [0, 0.05) is 25.0 Å². The van der Waals surface area contributed by atoms with Crippen molar-refractivity contribution in [1.82, 2.24) is 14.9 Å². The number of amides is 1. The molecule has 1 N–H and O–H groups in total. The lowest BCUT2D eigenvalue weighted by molar-refractivity contribution is -0.00575. The number of nitrogens with zero attached hydrogens (tertiary/aromatic N) is 3. The Labute approximate surface area is 153 Å². The van der Waals surface area contributed by atoms with Gasteiger partial charge < -0.3 is 15.0 Å². The van der Waals surface area contributed by atoms with E-state index < -0.39 is 0 Å². The Hall–Kier alpha value is -2.47. The number of aromatic nitrogens is 2. The van der Waals surface area contributed by atoms with E-state index in [1.165, 1.54) is 16.7 Å². The average molecular weight is 352 g/mol. The number of rotatable bonds is 4. The third kappa shape index (κ3) is 3.55. The van der Waals surface area contributed by atoms with E-state index in [2.05, 4.69) is 40.4 Å². The molecule has 0 spiro atoms. The lowest BCUT2D eigenvalue weighted by Crippen LogP contribution is -2.38. The number of hydrogen-bond acceptors (Lipinski definition) is 5. The molecule has 1 saturated heterocycles. The van der Waals surface area contributed by atoms with Crippen molar-refractivity contribution >= 4 is 11.9 Å². The molecule has 2 heterocycles. The van der Waals surface area contributed by atoms with Gasteiger partial charge in [0.2, 0.25) is 5.95 Å². The highest BCUT2D eigenvalue weighted by Gasteiger charge is 2.23. The van der Waals surface area contributed by atoms with Crippen LogP contribution >= 0.6 is 0 Å². The van der Waals surface area contributed by atoms with Crippen LogP contribution in [-0.2, 0) is 24.0 Å². The lowest BCUT2D eigenvalue weighted by atomic mass is 10.1. The van der Waals surface area contributed by atoms with Gasteiger partial charge in [0.25, 0.3) is 5.91 Å². The number of carbonyl (C=O) groups excluding carboxylic acids is 1. The van der Waals surface area contributed by atoms with Crippen molar-refractivity contribution in [2.75, 3.05) is 25.2 Å². The Morgan fingerprint density at radius 3 is 2.81 bits per heavy atom. The maximum Gasteiger partial charge on any atom is 0.258 e. The van der Waals surface area contributed by atoms with E-state index in [1.54, 1.807) is 17.3 Å². The molecule has 2 aromatic rings. The minimum absolute atomic E-state index is 0.0726. The predicted octanol–water partition coefficient (Wildman–Crippen LogP) is 2.44. The molecular weight excluding hydrogens is 328 g/mol. The monoisotopic (exact) mass is 352 g/mol.